The van der Waals surface area contributed by atoms with Gasteiger partial charge in [0.1, 0.15) is 0 Å². The van der Waals surface area contributed by atoms with Gasteiger partial charge < -0.3 is 20.6 Å². The van der Waals surface area contributed by atoms with Gasteiger partial charge in [-0.2, -0.15) is 0 Å². The molecule has 0 radical (unpaired) electrons. The second-order valence-corrected chi connectivity index (χ2v) is 5.60. The molecule has 0 spiro atoms. The maximum Gasteiger partial charge on any atom is 0.0608 e. The predicted octanol–water partition coefficient (Wildman–Crippen LogP) is 0.112. The van der Waals surface area contributed by atoms with E-state index in [2.05, 4.69) is 23.9 Å². The van der Waals surface area contributed by atoms with Crippen LogP contribution in [0, 0.1) is 0 Å². The minimum absolute atomic E-state index is 0.0706. The first-order valence-electron chi connectivity index (χ1n) is 6.23. The first-order valence-corrected chi connectivity index (χ1v) is 6.23. The predicted molar refractivity (Wildman–Crippen MR) is 67.4 cm³/mol. The van der Waals surface area contributed by atoms with Gasteiger partial charge in [-0.15, -0.1) is 0 Å². The molecule has 0 aliphatic carbocycles. The van der Waals surface area contributed by atoms with Crippen molar-refractivity contribution in [2.75, 3.05) is 40.3 Å². The molecule has 0 amide bonds. The third kappa shape index (κ3) is 4.37. The lowest BCUT2D eigenvalue weighted by Gasteiger charge is -2.36. The number of aliphatic hydroxyl groups excluding tert-OH is 1. The van der Waals surface area contributed by atoms with Gasteiger partial charge in [-0.05, 0) is 59.9 Å². The third-order valence-corrected chi connectivity index (χ3v) is 3.65. The van der Waals surface area contributed by atoms with Crippen LogP contribution in [0.5, 0.6) is 0 Å². The normalized spacial score (nSPS) is 23.6. The molecule has 1 atom stereocenters. The highest BCUT2D eigenvalue weighted by Gasteiger charge is 2.23. The fourth-order valence-electron chi connectivity index (χ4n) is 2.15. The lowest BCUT2D eigenvalue weighted by atomic mass is 9.98. The lowest BCUT2D eigenvalue weighted by Crippen LogP contribution is -2.46. The largest absolute Gasteiger partial charge is 0.394 e. The molecule has 1 saturated heterocycles. The summed E-state index contributed by atoms with van der Waals surface area (Å²) in [5.41, 5.74) is 5.51. The molecule has 3 N–H and O–H groups in total. The number of piperidine rings is 1. The zero-order valence-corrected chi connectivity index (χ0v) is 10.9. The van der Waals surface area contributed by atoms with Crippen LogP contribution in [0.4, 0.5) is 0 Å². The van der Waals surface area contributed by atoms with Crippen LogP contribution in [0.25, 0.3) is 0 Å². The minimum Gasteiger partial charge on any atom is -0.394 e. The van der Waals surface area contributed by atoms with Gasteiger partial charge in [-0.3, -0.25) is 0 Å². The van der Waals surface area contributed by atoms with Crippen molar-refractivity contribution >= 4 is 0 Å². The van der Waals surface area contributed by atoms with Gasteiger partial charge in [0, 0.05) is 11.6 Å². The van der Waals surface area contributed by atoms with Crippen molar-refractivity contribution in [1.82, 2.24) is 9.80 Å². The number of rotatable bonds is 5. The van der Waals surface area contributed by atoms with E-state index < -0.39 is 5.54 Å². The molecule has 1 unspecified atom stereocenters. The van der Waals surface area contributed by atoms with Crippen molar-refractivity contribution in [3.63, 3.8) is 0 Å². The quantitative estimate of drug-likeness (QED) is 0.703. The van der Waals surface area contributed by atoms with E-state index in [-0.39, 0.29) is 6.61 Å². The number of likely N-dealkylation sites (tertiary alicyclic amines) is 1. The van der Waals surface area contributed by atoms with Gasteiger partial charge in [-0.1, -0.05) is 0 Å². The van der Waals surface area contributed by atoms with Crippen molar-refractivity contribution in [2.24, 2.45) is 5.73 Å². The number of nitrogens with two attached hydrogens (primary N) is 1. The summed E-state index contributed by atoms with van der Waals surface area (Å²) in [6.45, 7) is 5.31. The summed E-state index contributed by atoms with van der Waals surface area (Å²) in [6, 6.07) is 0.735. The monoisotopic (exact) mass is 229 g/mol. The van der Waals surface area contributed by atoms with Crippen LogP contribution in [0.15, 0.2) is 0 Å². The molecule has 0 aromatic rings. The molecule has 1 fully saturated rings. The highest BCUT2D eigenvalue weighted by atomic mass is 16.3. The summed E-state index contributed by atoms with van der Waals surface area (Å²) >= 11 is 0. The Kier molecular flexibility index (Phi) is 5.18. The average Bonchev–Trinajstić information content (AvgIpc) is 2.27. The molecule has 1 aliphatic rings. The molecule has 96 valence electrons. The van der Waals surface area contributed by atoms with Crippen LogP contribution in [0.2, 0.25) is 0 Å². The smallest absolute Gasteiger partial charge is 0.0608 e. The van der Waals surface area contributed by atoms with Gasteiger partial charge in [-0.25, -0.2) is 0 Å². The Morgan fingerprint density at radius 1 is 1.38 bits per heavy atom. The first kappa shape index (κ1) is 13.9. The van der Waals surface area contributed by atoms with E-state index in [1.807, 2.05) is 6.92 Å². The number of hydrogen-bond acceptors (Lipinski definition) is 4. The summed E-state index contributed by atoms with van der Waals surface area (Å²) in [5, 5.41) is 9.09. The highest BCUT2D eigenvalue weighted by Crippen LogP contribution is 2.15. The van der Waals surface area contributed by atoms with Crippen molar-refractivity contribution in [1.29, 1.82) is 0 Å². The molecule has 0 bridgehead atoms. The van der Waals surface area contributed by atoms with E-state index in [0.29, 0.717) is 0 Å². The van der Waals surface area contributed by atoms with Crippen LogP contribution in [-0.4, -0.2) is 66.8 Å². The standard InChI is InChI=1S/C12H27N3O/c1-12(13,10-16)6-9-15-7-4-11(5-8-15)14(2)3/h11,16H,4-10,13H2,1-3H3. The molecule has 0 saturated carbocycles. The van der Waals surface area contributed by atoms with E-state index in [0.717, 1.165) is 32.1 Å². The molecule has 1 heterocycles. The molecule has 4 nitrogen and oxygen atoms in total. The highest BCUT2D eigenvalue weighted by molar-refractivity contribution is 4.82. The molecule has 16 heavy (non-hydrogen) atoms. The summed E-state index contributed by atoms with van der Waals surface area (Å²) in [5.74, 6) is 0. The second-order valence-electron chi connectivity index (χ2n) is 5.60. The molecule has 1 rings (SSSR count). The fraction of sp³-hybridized carbons (Fsp3) is 1.00. The van der Waals surface area contributed by atoms with Crippen molar-refractivity contribution < 1.29 is 5.11 Å². The van der Waals surface area contributed by atoms with E-state index >= 15 is 0 Å². The maximum absolute atomic E-state index is 9.09. The Hall–Kier alpha value is -0.160. The Balaban J connectivity index is 2.22. The Morgan fingerprint density at radius 3 is 2.38 bits per heavy atom. The van der Waals surface area contributed by atoms with Crippen LogP contribution < -0.4 is 5.73 Å². The third-order valence-electron chi connectivity index (χ3n) is 3.65. The zero-order chi connectivity index (χ0) is 12.2. The summed E-state index contributed by atoms with van der Waals surface area (Å²) in [4.78, 5) is 4.78. The van der Waals surface area contributed by atoms with Crippen molar-refractivity contribution in [3.8, 4) is 0 Å². The van der Waals surface area contributed by atoms with Crippen molar-refractivity contribution in [2.45, 2.75) is 37.8 Å². The van der Waals surface area contributed by atoms with Gasteiger partial charge >= 0.3 is 0 Å². The van der Waals surface area contributed by atoms with Gasteiger partial charge in [0.2, 0.25) is 0 Å². The molecule has 4 heteroatoms. The Bertz CT molecular complexity index is 198. The second kappa shape index (κ2) is 5.96. The molecule has 0 aromatic carbocycles. The van der Waals surface area contributed by atoms with E-state index in [9.17, 15) is 0 Å². The van der Waals surface area contributed by atoms with E-state index in [1.54, 1.807) is 0 Å². The van der Waals surface area contributed by atoms with Crippen LogP contribution in [-0.2, 0) is 0 Å². The minimum atomic E-state index is -0.418. The molecule has 1 aliphatic heterocycles. The first-order chi connectivity index (χ1) is 7.44. The zero-order valence-electron chi connectivity index (χ0n) is 10.9. The number of aliphatic hydroxyl groups is 1. The topological polar surface area (TPSA) is 52.7 Å². The summed E-state index contributed by atoms with van der Waals surface area (Å²) in [6.07, 6.45) is 3.36. The van der Waals surface area contributed by atoms with Gasteiger partial charge in [0.25, 0.3) is 0 Å². The maximum atomic E-state index is 9.09. The Morgan fingerprint density at radius 2 is 1.94 bits per heavy atom. The van der Waals surface area contributed by atoms with E-state index in [1.165, 1.54) is 12.8 Å². The summed E-state index contributed by atoms with van der Waals surface area (Å²) < 4.78 is 0. The van der Waals surface area contributed by atoms with Crippen LogP contribution >= 0.6 is 0 Å². The molecule has 0 aromatic heterocycles. The van der Waals surface area contributed by atoms with Crippen LogP contribution in [0.3, 0.4) is 0 Å². The fourth-order valence-corrected chi connectivity index (χ4v) is 2.15. The van der Waals surface area contributed by atoms with Gasteiger partial charge in [0.15, 0.2) is 0 Å². The summed E-state index contributed by atoms with van der Waals surface area (Å²) in [7, 11) is 4.31. The SMILES string of the molecule is CN(C)C1CCN(CCC(C)(N)CO)CC1. The molecular formula is C12H27N3O. The average molecular weight is 229 g/mol. The van der Waals surface area contributed by atoms with E-state index in [4.69, 9.17) is 10.8 Å². The molecular weight excluding hydrogens is 202 g/mol. The Labute approximate surface area is 99.4 Å². The number of nitrogens with zero attached hydrogens (tertiary/aromatic N) is 2. The van der Waals surface area contributed by atoms with Crippen LogP contribution in [0.1, 0.15) is 26.2 Å². The lowest BCUT2D eigenvalue weighted by molar-refractivity contribution is 0.126. The van der Waals surface area contributed by atoms with Gasteiger partial charge in [0.05, 0.1) is 6.61 Å². The van der Waals surface area contributed by atoms with Crippen molar-refractivity contribution in [3.05, 3.63) is 0 Å². The number of hydrogen-bond donors (Lipinski definition) is 2.